The number of thiocarbonyl (C=S) groups is 1. The Labute approximate surface area is 159 Å². The molecule has 0 amide bonds. The quantitative estimate of drug-likeness (QED) is 0.475. The van der Waals surface area contributed by atoms with Gasteiger partial charge in [-0.05, 0) is 61.0 Å². The van der Waals surface area contributed by atoms with E-state index in [0.717, 1.165) is 24.5 Å². The molecule has 0 atom stereocenters. The van der Waals surface area contributed by atoms with Crippen LogP contribution < -0.4 is 10.6 Å². The molecule has 0 heterocycles. The number of alkyl halides is 3. The molecule has 0 radical (unpaired) electrons. The molecule has 0 fully saturated rings. The smallest absolute Gasteiger partial charge is 0.362 e. The lowest BCUT2D eigenvalue weighted by atomic mass is 10.1. The summed E-state index contributed by atoms with van der Waals surface area (Å²) < 4.78 is 38.5. The number of nitrogens with one attached hydrogen (secondary N) is 2. The minimum Gasteiger partial charge on any atom is -0.362 e. The van der Waals surface area contributed by atoms with Crippen molar-refractivity contribution in [2.24, 2.45) is 0 Å². The topological polar surface area (TPSA) is 24.1 Å². The van der Waals surface area contributed by atoms with Crippen molar-refractivity contribution >= 4 is 46.2 Å². The highest BCUT2D eigenvalue weighted by Gasteiger charge is 2.33. The van der Waals surface area contributed by atoms with E-state index in [9.17, 15) is 13.2 Å². The number of halogens is 5. The van der Waals surface area contributed by atoms with Crippen molar-refractivity contribution in [1.29, 1.82) is 0 Å². The molecule has 0 saturated carbocycles. The Kier molecular flexibility index (Phi) is 6.93. The van der Waals surface area contributed by atoms with Crippen LogP contribution in [0.1, 0.15) is 17.5 Å². The van der Waals surface area contributed by atoms with Crippen molar-refractivity contribution in [2.75, 3.05) is 11.9 Å². The minimum absolute atomic E-state index is 0.229. The summed E-state index contributed by atoms with van der Waals surface area (Å²) in [5, 5.41) is 6.29. The number of hydrogen-bond acceptors (Lipinski definition) is 1. The predicted octanol–water partition coefficient (Wildman–Crippen LogP) is 5.93. The summed E-state index contributed by atoms with van der Waals surface area (Å²) in [4.78, 5) is 0. The average Bonchev–Trinajstić information content (AvgIpc) is 2.54. The van der Waals surface area contributed by atoms with Gasteiger partial charge in [0.15, 0.2) is 5.11 Å². The summed E-state index contributed by atoms with van der Waals surface area (Å²) in [6.07, 6.45) is -2.85. The van der Waals surface area contributed by atoms with Crippen LogP contribution in [0.5, 0.6) is 0 Å². The first-order chi connectivity index (χ1) is 11.8. The highest BCUT2D eigenvalue weighted by molar-refractivity contribution is 7.80. The van der Waals surface area contributed by atoms with Crippen molar-refractivity contribution in [2.45, 2.75) is 19.0 Å². The predicted molar refractivity (Wildman–Crippen MR) is 100 cm³/mol. The largest absolute Gasteiger partial charge is 0.417 e. The number of aryl methyl sites for hydroxylation is 1. The van der Waals surface area contributed by atoms with Crippen LogP contribution in [0.15, 0.2) is 42.5 Å². The lowest BCUT2D eigenvalue weighted by Gasteiger charge is -2.14. The van der Waals surface area contributed by atoms with E-state index in [1.165, 1.54) is 12.1 Å². The van der Waals surface area contributed by atoms with E-state index in [1.54, 1.807) is 0 Å². The monoisotopic (exact) mass is 406 g/mol. The zero-order valence-corrected chi connectivity index (χ0v) is 15.3. The molecular weight excluding hydrogens is 392 g/mol. The third-order valence-electron chi connectivity index (χ3n) is 3.37. The summed E-state index contributed by atoms with van der Waals surface area (Å²) in [5.41, 5.74) is 0.481. The molecule has 2 aromatic carbocycles. The van der Waals surface area contributed by atoms with Crippen LogP contribution in [0, 0.1) is 0 Å². The van der Waals surface area contributed by atoms with E-state index >= 15 is 0 Å². The molecule has 2 rings (SSSR count). The summed E-state index contributed by atoms with van der Waals surface area (Å²) in [6.45, 7) is 0.591. The van der Waals surface area contributed by atoms with Crippen molar-refractivity contribution < 1.29 is 13.2 Å². The van der Waals surface area contributed by atoms with Gasteiger partial charge >= 0.3 is 6.18 Å². The van der Waals surface area contributed by atoms with Crippen LogP contribution >= 0.6 is 35.4 Å². The second-order valence-corrected chi connectivity index (χ2v) is 6.56. The maximum absolute atomic E-state index is 12.8. The normalized spacial score (nSPS) is 11.2. The van der Waals surface area contributed by atoms with Crippen LogP contribution in [0.3, 0.4) is 0 Å². The van der Waals surface area contributed by atoms with Gasteiger partial charge in [0.25, 0.3) is 0 Å². The first kappa shape index (κ1) is 19.8. The molecule has 134 valence electrons. The third kappa shape index (κ3) is 6.38. The van der Waals surface area contributed by atoms with E-state index in [4.69, 9.17) is 35.4 Å². The van der Waals surface area contributed by atoms with Crippen LogP contribution in [0.25, 0.3) is 0 Å². The highest BCUT2D eigenvalue weighted by atomic mass is 35.5. The lowest BCUT2D eigenvalue weighted by molar-refractivity contribution is -0.137. The van der Waals surface area contributed by atoms with Gasteiger partial charge in [-0.1, -0.05) is 35.3 Å². The fourth-order valence-electron chi connectivity index (χ4n) is 2.14. The molecule has 0 aliphatic carbocycles. The van der Waals surface area contributed by atoms with Crippen LogP contribution in [0.2, 0.25) is 10.0 Å². The van der Waals surface area contributed by atoms with Gasteiger partial charge in [-0.15, -0.1) is 0 Å². The minimum atomic E-state index is -4.51. The first-order valence-electron chi connectivity index (χ1n) is 7.42. The van der Waals surface area contributed by atoms with E-state index < -0.39 is 11.7 Å². The number of benzene rings is 2. The molecule has 0 bridgehead atoms. The molecule has 0 unspecified atom stereocenters. The van der Waals surface area contributed by atoms with Crippen molar-refractivity contribution in [3.8, 4) is 0 Å². The summed E-state index contributed by atoms with van der Waals surface area (Å²) in [5.74, 6) is 0. The third-order valence-corrected chi connectivity index (χ3v) is 4.20. The Balaban J connectivity index is 1.81. The average molecular weight is 407 g/mol. The van der Waals surface area contributed by atoms with Crippen LogP contribution in [0.4, 0.5) is 18.9 Å². The van der Waals surface area contributed by atoms with Crippen molar-refractivity contribution in [1.82, 2.24) is 5.32 Å². The van der Waals surface area contributed by atoms with Gasteiger partial charge in [0.2, 0.25) is 0 Å². The molecule has 2 nitrogen and oxygen atoms in total. The molecule has 0 aliphatic rings. The Bertz CT molecular complexity index is 734. The summed E-state index contributed by atoms with van der Waals surface area (Å²) in [6, 6.07) is 11.1. The molecule has 25 heavy (non-hydrogen) atoms. The fourth-order valence-corrected chi connectivity index (χ4v) is 2.71. The molecule has 0 aromatic heterocycles. The second kappa shape index (κ2) is 8.74. The fraction of sp³-hybridized carbons (Fsp3) is 0.235. The highest BCUT2D eigenvalue weighted by Crippen LogP contribution is 2.36. The van der Waals surface area contributed by atoms with Crippen LogP contribution in [-0.4, -0.2) is 11.7 Å². The van der Waals surface area contributed by atoms with Gasteiger partial charge in [-0.25, -0.2) is 0 Å². The van der Waals surface area contributed by atoms with Gasteiger partial charge < -0.3 is 10.6 Å². The standard InChI is InChI=1S/C17H15Cl2F3N2S/c18-12-5-3-11(4-6-12)2-1-9-23-16(25)24-13-7-8-15(19)14(10-13)17(20,21)22/h3-8,10H,1-2,9H2,(H2,23,24,25). The van der Waals surface area contributed by atoms with Gasteiger partial charge in [0, 0.05) is 17.3 Å². The van der Waals surface area contributed by atoms with E-state index in [1.807, 2.05) is 24.3 Å². The second-order valence-electron chi connectivity index (χ2n) is 5.30. The molecule has 0 spiro atoms. The Hall–Kier alpha value is -1.50. The Morgan fingerprint density at radius 3 is 2.36 bits per heavy atom. The zero-order valence-electron chi connectivity index (χ0n) is 13.0. The summed E-state index contributed by atoms with van der Waals surface area (Å²) in [7, 11) is 0. The first-order valence-corrected chi connectivity index (χ1v) is 8.58. The lowest BCUT2D eigenvalue weighted by Crippen LogP contribution is -2.29. The van der Waals surface area contributed by atoms with Crippen LogP contribution in [-0.2, 0) is 12.6 Å². The van der Waals surface area contributed by atoms with Crippen molar-refractivity contribution in [3.63, 3.8) is 0 Å². The number of anilines is 1. The SMILES string of the molecule is FC(F)(F)c1cc(NC(=S)NCCCc2ccc(Cl)cc2)ccc1Cl. The van der Waals surface area contributed by atoms with E-state index in [0.29, 0.717) is 11.6 Å². The van der Waals surface area contributed by atoms with E-state index in [-0.39, 0.29) is 15.8 Å². The zero-order chi connectivity index (χ0) is 18.4. The van der Waals surface area contributed by atoms with Gasteiger partial charge in [-0.3, -0.25) is 0 Å². The molecule has 2 aromatic rings. The molecular formula is C17H15Cl2F3N2S. The number of hydrogen-bond donors (Lipinski definition) is 2. The number of rotatable bonds is 5. The van der Waals surface area contributed by atoms with Gasteiger partial charge in [0.1, 0.15) is 0 Å². The maximum Gasteiger partial charge on any atom is 0.417 e. The Morgan fingerprint density at radius 1 is 1.04 bits per heavy atom. The maximum atomic E-state index is 12.8. The Morgan fingerprint density at radius 2 is 1.72 bits per heavy atom. The summed E-state index contributed by atoms with van der Waals surface area (Å²) >= 11 is 16.5. The molecule has 0 saturated heterocycles. The van der Waals surface area contributed by atoms with Gasteiger partial charge in [0.05, 0.1) is 10.6 Å². The molecule has 0 aliphatic heterocycles. The van der Waals surface area contributed by atoms with Crippen molar-refractivity contribution in [3.05, 3.63) is 63.6 Å². The molecule has 8 heteroatoms. The van der Waals surface area contributed by atoms with Gasteiger partial charge in [-0.2, -0.15) is 13.2 Å². The van der Waals surface area contributed by atoms with E-state index in [2.05, 4.69) is 10.6 Å². The molecule has 2 N–H and O–H groups in total.